The molecule has 1 aromatic heterocycles. The number of hydrogen-bond donors (Lipinski definition) is 2. The van der Waals surface area contributed by atoms with Gasteiger partial charge in [0, 0.05) is 25.2 Å². The Morgan fingerprint density at radius 1 is 1.33 bits per heavy atom. The van der Waals surface area contributed by atoms with Gasteiger partial charge in [-0.2, -0.15) is 4.37 Å². The largest absolute Gasteiger partial charge is 0.478 e. The third-order valence-electron chi connectivity index (χ3n) is 3.76. The van der Waals surface area contributed by atoms with Gasteiger partial charge in [-0.3, -0.25) is 0 Å². The van der Waals surface area contributed by atoms with Gasteiger partial charge in [0.15, 0.2) is 0 Å². The molecule has 1 aliphatic heterocycles. The first-order chi connectivity index (χ1) is 12.8. The van der Waals surface area contributed by atoms with Crippen LogP contribution in [0.4, 0.5) is 0 Å². The first-order valence-electron chi connectivity index (χ1n) is 8.80. The van der Waals surface area contributed by atoms with Gasteiger partial charge in [-0.25, -0.2) is 9.59 Å². The maximum absolute atomic E-state index is 9.55. The van der Waals surface area contributed by atoms with Gasteiger partial charge in [-0.15, -0.1) is 4.37 Å². The van der Waals surface area contributed by atoms with E-state index < -0.39 is 11.9 Å². The van der Waals surface area contributed by atoms with Gasteiger partial charge in [0.1, 0.15) is 5.69 Å². The summed E-state index contributed by atoms with van der Waals surface area (Å²) in [5.74, 6) is -1.23. The molecule has 2 rings (SSSR count). The maximum atomic E-state index is 9.55. The highest BCUT2D eigenvalue weighted by molar-refractivity contribution is 6.99. The fourth-order valence-electron chi connectivity index (χ4n) is 2.48. The number of likely N-dealkylation sites (N-methyl/N-ethyl adjacent to an activating group) is 1. The SMILES string of the molecule is CCCC(C)COc1nsnc1C1=CCCN(C)C1.O=C(O)/C=C/C(=O)O. The summed E-state index contributed by atoms with van der Waals surface area (Å²) in [6, 6.07) is 0. The molecule has 27 heavy (non-hydrogen) atoms. The summed E-state index contributed by atoms with van der Waals surface area (Å²) in [6.45, 7) is 7.21. The molecule has 0 amide bonds. The molecule has 1 atom stereocenters. The van der Waals surface area contributed by atoms with Gasteiger partial charge >= 0.3 is 11.9 Å². The van der Waals surface area contributed by atoms with Crippen LogP contribution in [0, 0.1) is 5.92 Å². The molecule has 0 bridgehead atoms. The molecule has 0 radical (unpaired) electrons. The van der Waals surface area contributed by atoms with Gasteiger partial charge in [0.05, 0.1) is 18.3 Å². The van der Waals surface area contributed by atoms with Crippen LogP contribution < -0.4 is 4.74 Å². The van der Waals surface area contributed by atoms with Gasteiger partial charge in [0.25, 0.3) is 5.88 Å². The second-order valence-electron chi connectivity index (χ2n) is 6.39. The average molecular weight is 397 g/mol. The van der Waals surface area contributed by atoms with E-state index in [0.717, 1.165) is 37.7 Å². The van der Waals surface area contributed by atoms with E-state index in [1.807, 2.05) is 0 Å². The zero-order valence-electron chi connectivity index (χ0n) is 15.9. The Labute approximate surface area is 163 Å². The molecule has 1 aliphatic rings. The Morgan fingerprint density at radius 2 is 2.00 bits per heavy atom. The predicted octanol–water partition coefficient (Wildman–Crippen LogP) is 2.78. The Morgan fingerprint density at radius 3 is 2.56 bits per heavy atom. The van der Waals surface area contributed by atoms with Crippen molar-refractivity contribution in [3.63, 3.8) is 0 Å². The summed E-state index contributed by atoms with van der Waals surface area (Å²) in [5.41, 5.74) is 2.20. The lowest BCUT2D eigenvalue weighted by molar-refractivity contribution is -0.134. The number of rotatable bonds is 8. The molecule has 0 aliphatic carbocycles. The van der Waals surface area contributed by atoms with Crippen molar-refractivity contribution in [2.75, 3.05) is 26.7 Å². The molecule has 1 aromatic rings. The van der Waals surface area contributed by atoms with E-state index in [2.05, 4.69) is 40.6 Å². The quantitative estimate of drug-likeness (QED) is 0.644. The van der Waals surface area contributed by atoms with Gasteiger partial charge in [0.2, 0.25) is 0 Å². The lowest BCUT2D eigenvalue weighted by Gasteiger charge is -2.22. The summed E-state index contributed by atoms with van der Waals surface area (Å²) in [5, 5.41) is 15.6. The van der Waals surface area contributed by atoms with Crippen molar-refractivity contribution in [1.29, 1.82) is 0 Å². The lowest BCUT2D eigenvalue weighted by atomic mass is 10.1. The number of nitrogens with zero attached hydrogens (tertiary/aromatic N) is 3. The lowest BCUT2D eigenvalue weighted by Crippen LogP contribution is -2.25. The van der Waals surface area contributed by atoms with Crippen LogP contribution in [0.3, 0.4) is 0 Å². The summed E-state index contributed by atoms with van der Waals surface area (Å²) in [7, 11) is 2.14. The highest BCUT2D eigenvalue weighted by atomic mass is 32.1. The van der Waals surface area contributed by atoms with E-state index in [4.69, 9.17) is 14.9 Å². The summed E-state index contributed by atoms with van der Waals surface area (Å²) >= 11 is 1.24. The van der Waals surface area contributed by atoms with Crippen molar-refractivity contribution >= 4 is 29.2 Å². The monoisotopic (exact) mass is 397 g/mol. The van der Waals surface area contributed by atoms with Gasteiger partial charge in [-0.05, 0) is 31.4 Å². The normalized spacial score (nSPS) is 15.6. The fraction of sp³-hybridized carbons (Fsp3) is 0.556. The molecular formula is C18H27N3O5S. The Hall–Kier alpha value is -2.26. The minimum Gasteiger partial charge on any atom is -0.478 e. The average Bonchev–Trinajstić information content (AvgIpc) is 3.08. The summed E-state index contributed by atoms with van der Waals surface area (Å²) in [6.07, 6.45) is 6.85. The van der Waals surface area contributed by atoms with Crippen LogP contribution in [0.15, 0.2) is 18.2 Å². The smallest absolute Gasteiger partial charge is 0.328 e. The third-order valence-corrected chi connectivity index (χ3v) is 4.27. The molecule has 0 fully saturated rings. The summed E-state index contributed by atoms with van der Waals surface area (Å²) in [4.78, 5) is 21.4. The Balaban J connectivity index is 0.000000387. The Kier molecular flexibility index (Phi) is 10.3. The highest BCUT2D eigenvalue weighted by Gasteiger charge is 2.18. The van der Waals surface area contributed by atoms with E-state index in [1.165, 1.54) is 30.1 Å². The molecule has 9 heteroatoms. The van der Waals surface area contributed by atoms with Crippen molar-refractivity contribution in [3.8, 4) is 5.88 Å². The standard InChI is InChI=1S/C14H23N3OS.C4H4O4/c1-4-6-11(2)10-18-14-13(15-19-16-14)12-7-5-8-17(3)9-12;5-3(6)1-2-4(7)8/h7,11H,4-6,8-10H2,1-3H3;1-2H,(H,5,6)(H,7,8)/b;2-1+. The molecule has 2 N–H and O–H groups in total. The van der Waals surface area contributed by atoms with E-state index in [1.54, 1.807) is 0 Å². The number of aliphatic carboxylic acids is 2. The first kappa shape index (κ1) is 22.8. The highest BCUT2D eigenvalue weighted by Crippen LogP contribution is 2.27. The molecule has 0 aromatic carbocycles. The van der Waals surface area contributed by atoms with Crippen LogP contribution >= 0.6 is 11.7 Å². The van der Waals surface area contributed by atoms with Crippen LogP contribution in [-0.2, 0) is 9.59 Å². The molecule has 1 unspecified atom stereocenters. The van der Waals surface area contributed by atoms with Crippen LogP contribution in [0.1, 0.15) is 38.8 Å². The molecule has 2 heterocycles. The fourth-order valence-corrected chi connectivity index (χ4v) is 3.01. The number of carbonyl (C=O) groups is 2. The van der Waals surface area contributed by atoms with Crippen molar-refractivity contribution in [2.45, 2.75) is 33.1 Å². The van der Waals surface area contributed by atoms with Crippen molar-refractivity contribution < 1.29 is 24.5 Å². The minimum atomic E-state index is -1.26. The van der Waals surface area contributed by atoms with Gasteiger partial charge in [-0.1, -0.05) is 26.3 Å². The van der Waals surface area contributed by atoms with Crippen LogP contribution in [0.5, 0.6) is 5.88 Å². The van der Waals surface area contributed by atoms with E-state index in [0.29, 0.717) is 18.1 Å². The van der Waals surface area contributed by atoms with E-state index in [-0.39, 0.29) is 0 Å². The van der Waals surface area contributed by atoms with Crippen molar-refractivity contribution in [1.82, 2.24) is 13.6 Å². The number of ether oxygens (including phenoxy) is 1. The summed E-state index contributed by atoms with van der Waals surface area (Å²) < 4.78 is 14.6. The van der Waals surface area contributed by atoms with E-state index in [9.17, 15) is 9.59 Å². The predicted molar refractivity (Wildman–Crippen MR) is 104 cm³/mol. The zero-order valence-corrected chi connectivity index (χ0v) is 16.7. The van der Waals surface area contributed by atoms with Crippen molar-refractivity contribution in [2.24, 2.45) is 5.92 Å². The van der Waals surface area contributed by atoms with Crippen LogP contribution in [0.2, 0.25) is 0 Å². The molecule has 150 valence electrons. The molecule has 0 saturated heterocycles. The number of carboxylic acid groups (broad SMARTS) is 2. The molecular weight excluding hydrogens is 370 g/mol. The van der Waals surface area contributed by atoms with Crippen LogP contribution in [0.25, 0.3) is 5.57 Å². The first-order valence-corrected chi connectivity index (χ1v) is 9.53. The molecule has 8 nitrogen and oxygen atoms in total. The minimum absolute atomic E-state index is 0.558. The third kappa shape index (κ3) is 9.30. The van der Waals surface area contributed by atoms with Crippen molar-refractivity contribution in [3.05, 3.63) is 23.9 Å². The second-order valence-corrected chi connectivity index (χ2v) is 6.92. The van der Waals surface area contributed by atoms with E-state index >= 15 is 0 Å². The zero-order chi connectivity index (χ0) is 20.2. The number of carboxylic acids is 2. The second kappa shape index (κ2) is 12.2. The Bertz CT molecular complexity index is 656. The number of hydrogen-bond acceptors (Lipinski definition) is 7. The molecule has 0 spiro atoms. The van der Waals surface area contributed by atoms with Gasteiger partial charge < -0.3 is 19.8 Å². The van der Waals surface area contributed by atoms with Crippen LogP contribution in [-0.4, -0.2) is 62.5 Å². The molecule has 0 saturated carbocycles. The maximum Gasteiger partial charge on any atom is 0.328 e. The number of aromatic nitrogens is 2. The topological polar surface area (TPSA) is 113 Å².